The van der Waals surface area contributed by atoms with E-state index in [4.69, 9.17) is 14.6 Å². The predicted octanol–water partition coefficient (Wildman–Crippen LogP) is -1.69. The molecule has 1 saturated heterocycles. The maximum atomic E-state index is 8.43. The fraction of sp³-hybridized carbons (Fsp3) is 1.00. The Kier molecular flexibility index (Phi) is 1.88. The van der Waals surface area contributed by atoms with E-state index in [1.807, 2.05) is 7.85 Å². The Labute approximate surface area is 49.0 Å². The molecule has 0 aliphatic carbocycles. The average Bonchev–Trinajstić information content (AvgIpc) is 2.14. The third-order valence-electron chi connectivity index (χ3n) is 1.05. The third kappa shape index (κ3) is 1.21. The molecule has 0 radical (unpaired) electrons. The highest BCUT2D eigenvalue weighted by atomic mass is 16.7. The van der Waals surface area contributed by atoms with Crippen molar-refractivity contribution in [1.82, 2.24) is 0 Å². The van der Waals surface area contributed by atoms with Gasteiger partial charge < -0.3 is 14.6 Å². The van der Waals surface area contributed by atoms with Gasteiger partial charge in [0.1, 0.15) is 7.85 Å². The normalized spacial score (nSPS) is 38.1. The molecular formula is C4H9BO3. The lowest BCUT2D eigenvalue weighted by Gasteiger charge is -2.03. The van der Waals surface area contributed by atoms with Crippen LogP contribution in [0.1, 0.15) is 0 Å². The van der Waals surface area contributed by atoms with Crippen LogP contribution in [0.5, 0.6) is 0 Å². The van der Waals surface area contributed by atoms with Gasteiger partial charge in [0, 0.05) is 0 Å². The first kappa shape index (κ1) is 6.07. The topological polar surface area (TPSA) is 38.7 Å². The molecule has 0 amide bonds. The van der Waals surface area contributed by atoms with Crippen molar-refractivity contribution in [2.45, 2.75) is 12.3 Å². The Hall–Kier alpha value is -0.0551. The van der Waals surface area contributed by atoms with Gasteiger partial charge >= 0.3 is 0 Å². The summed E-state index contributed by atoms with van der Waals surface area (Å²) in [5.74, 6) is 0. The van der Waals surface area contributed by atoms with Gasteiger partial charge in [0.05, 0.1) is 19.2 Å². The Morgan fingerprint density at radius 3 is 2.75 bits per heavy atom. The number of hydrogen-bond donors (Lipinski definition) is 1. The summed E-state index contributed by atoms with van der Waals surface area (Å²) in [6, 6.07) is 0.146. The van der Waals surface area contributed by atoms with Crippen molar-refractivity contribution in [3.63, 3.8) is 0 Å². The molecule has 0 aromatic heterocycles. The summed E-state index contributed by atoms with van der Waals surface area (Å²) in [5, 5.41) is 8.43. The summed E-state index contributed by atoms with van der Waals surface area (Å²) in [4.78, 5) is 0. The quantitative estimate of drug-likeness (QED) is 0.415. The molecule has 0 bridgehead atoms. The molecule has 1 rings (SSSR count). The van der Waals surface area contributed by atoms with Crippen LogP contribution in [0, 0.1) is 0 Å². The van der Waals surface area contributed by atoms with Gasteiger partial charge in [-0.05, 0) is 0 Å². The monoisotopic (exact) mass is 116 g/mol. The Morgan fingerprint density at radius 1 is 1.75 bits per heavy atom. The van der Waals surface area contributed by atoms with E-state index < -0.39 is 0 Å². The van der Waals surface area contributed by atoms with Crippen LogP contribution in [-0.2, 0) is 9.47 Å². The van der Waals surface area contributed by atoms with Crippen LogP contribution >= 0.6 is 0 Å². The van der Waals surface area contributed by atoms with Crippen molar-refractivity contribution in [3.8, 4) is 0 Å². The zero-order chi connectivity index (χ0) is 5.98. The van der Waals surface area contributed by atoms with Crippen molar-refractivity contribution in [3.05, 3.63) is 0 Å². The predicted molar refractivity (Wildman–Crippen MR) is 30.2 cm³/mol. The first-order valence-electron chi connectivity index (χ1n) is 2.71. The maximum absolute atomic E-state index is 8.43. The standard InChI is InChI=1S/C4H9BO3/c5-3-2-7-4(1-6)8-3/h3-4,6H,1-2,5H2/t3-,4-/m1/s1. The minimum Gasteiger partial charge on any atom is -0.391 e. The highest BCUT2D eigenvalue weighted by Gasteiger charge is 2.20. The lowest BCUT2D eigenvalue weighted by molar-refractivity contribution is -0.0789. The molecule has 0 saturated carbocycles. The van der Waals surface area contributed by atoms with E-state index in [2.05, 4.69) is 0 Å². The van der Waals surface area contributed by atoms with E-state index in [1.54, 1.807) is 0 Å². The summed E-state index contributed by atoms with van der Waals surface area (Å²) in [6.45, 7) is 0.565. The number of aliphatic hydroxyl groups is 1. The van der Waals surface area contributed by atoms with Gasteiger partial charge in [-0.1, -0.05) is 0 Å². The van der Waals surface area contributed by atoms with Crippen molar-refractivity contribution in [2.75, 3.05) is 13.2 Å². The second kappa shape index (κ2) is 2.48. The third-order valence-corrected chi connectivity index (χ3v) is 1.05. The molecular weight excluding hydrogens is 107 g/mol. The summed E-state index contributed by atoms with van der Waals surface area (Å²) < 4.78 is 9.98. The molecule has 1 N–H and O–H groups in total. The van der Waals surface area contributed by atoms with Gasteiger partial charge in [-0.15, -0.1) is 0 Å². The van der Waals surface area contributed by atoms with Crippen LogP contribution in [0.25, 0.3) is 0 Å². The van der Waals surface area contributed by atoms with Gasteiger partial charge in [-0.2, -0.15) is 0 Å². The van der Waals surface area contributed by atoms with Crippen LogP contribution < -0.4 is 0 Å². The number of hydrogen-bond acceptors (Lipinski definition) is 3. The zero-order valence-electron chi connectivity index (χ0n) is 4.83. The molecule has 0 spiro atoms. The van der Waals surface area contributed by atoms with Crippen molar-refractivity contribution < 1.29 is 14.6 Å². The smallest absolute Gasteiger partial charge is 0.180 e. The lowest BCUT2D eigenvalue weighted by atomic mass is 10.0. The Bertz CT molecular complexity index is 77.7. The van der Waals surface area contributed by atoms with Crippen LogP contribution in [0.2, 0.25) is 0 Å². The maximum Gasteiger partial charge on any atom is 0.180 e. The van der Waals surface area contributed by atoms with Gasteiger partial charge in [-0.3, -0.25) is 0 Å². The summed E-state index contributed by atoms with van der Waals surface area (Å²) in [7, 11) is 1.91. The van der Waals surface area contributed by atoms with Gasteiger partial charge in [0.25, 0.3) is 0 Å². The number of ether oxygens (including phenoxy) is 2. The Morgan fingerprint density at radius 2 is 2.50 bits per heavy atom. The van der Waals surface area contributed by atoms with Gasteiger partial charge in [-0.25, -0.2) is 0 Å². The molecule has 1 fully saturated rings. The van der Waals surface area contributed by atoms with Crippen LogP contribution in [0.15, 0.2) is 0 Å². The minimum absolute atomic E-state index is 0.0374. The molecule has 8 heavy (non-hydrogen) atoms. The van der Waals surface area contributed by atoms with Gasteiger partial charge in [0.2, 0.25) is 0 Å². The molecule has 0 aromatic carbocycles. The molecule has 0 unspecified atom stereocenters. The van der Waals surface area contributed by atoms with E-state index in [9.17, 15) is 0 Å². The molecule has 1 heterocycles. The van der Waals surface area contributed by atoms with Crippen molar-refractivity contribution in [1.29, 1.82) is 0 Å². The second-order valence-electron chi connectivity index (χ2n) is 1.89. The van der Waals surface area contributed by atoms with E-state index >= 15 is 0 Å². The van der Waals surface area contributed by atoms with Crippen molar-refractivity contribution in [2.24, 2.45) is 0 Å². The summed E-state index contributed by atoms with van der Waals surface area (Å²) in [5.41, 5.74) is 0. The van der Waals surface area contributed by atoms with Gasteiger partial charge in [0.15, 0.2) is 6.29 Å². The molecule has 46 valence electrons. The van der Waals surface area contributed by atoms with Crippen LogP contribution in [-0.4, -0.2) is 38.5 Å². The minimum atomic E-state index is -0.370. The average molecular weight is 116 g/mol. The molecule has 1 aliphatic rings. The number of rotatable bonds is 1. The summed E-state index contributed by atoms with van der Waals surface area (Å²) in [6.07, 6.45) is -0.370. The van der Waals surface area contributed by atoms with E-state index in [0.717, 1.165) is 0 Å². The molecule has 2 atom stereocenters. The zero-order valence-corrected chi connectivity index (χ0v) is 4.83. The molecule has 4 heteroatoms. The highest BCUT2D eigenvalue weighted by molar-refractivity contribution is 6.11. The first-order chi connectivity index (χ1) is 3.83. The molecule has 1 aliphatic heterocycles. The van der Waals surface area contributed by atoms with E-state index in [0.29, 0.717) is 6.61 Å². The van der Waals surface area contributed by atoms with E-state index in [-0.39, 0.29) is 18.9 Å². The van der Waals surface area contributed by atoms with Crippen molar-refractivity contribution >= 4 is 7.85 Å². The summed E-state index contributed by atoms with van der Waals surface area (Å²) >= 11 is 0. The Balaban J connectivity index is 2.22. The largest absolute Gasteiger partial charge is 0.391 e. The fourth-order valence-electron chi connectivity index (χ4n) is 0.676. The number of aliphatic hydroxyl groups excluding tert-OH is 1. The highest BCUT2D eigenvalue weighted by Crippen LogP contribution is 2.06. The fourth-order valence-corrected chi connectivity index (χ4v) is 0.676. The second-order valence-corrected chi connectivity index (χ2v) is 1.89. The SMILES string of the molecule is B[C@H]1CO[C@@H](CO)O1. The van der Waals surface area contributed by atoms with Crippen LogP contribution in [0.4, 0.5) is 0 Å². The van der Waals surface area contributed by atoms with Crippen LogP contribution in [0.3, 0.4) is 0 Å². The van der Waals surface area contributed by atoms with E-state index in [1.165, 1.54) is 0 Å². The first-order valence-corrected chi connectivity index (χ1v) is 2.71. The lowest BCUT2D eigenvalue weighted by Crippen LogP contribution is -2.15. The molecule has 0 aromatic rings. The molecule has 3 nitrogen and oxygen atoms in total.